The summed E-state index contributed by atoms with van der Waals surface area (Å²) in [5.41, 5.74) is 0.557. The van der Waals surface area contributed by atoms with Crippen LogP contribution in [0.5, 0.6) is 0 Å². The van der Waals surface area contributed by atoms with Gasteiger partial charge in [-0.25, -0.2) is 0 Å². The molecular weight excluding hydrogens is 326 g/mol. The van der Waals surface area contributed by atoms with Crippen LogP contribution in [0.4, 0.5) is 0 Å². The third-order valence-corrected chi connectivity index (χ3v) is 4.54. The Morgan fingerprint density at radius 3 is 2.00 bits per heavy atom. The number of rotatable bonds is 6. The number of carbonyl (C=O) groups is 2. The summed E-state index contributed by atoms with van der Waals surface area (Å²) >= 11 is 0. The van der Waals surface area contributed by atoms with E-state index in [4.69, 9.17) is 5.11 Å². The average Bonchev–Trinajstić information content (AvgIpc) is 2.59. The van der Waals surface area contributed by atoms with Crippen LogP contribution in [0.15, 0.2) is 24.3 Å². The summed E-state index contributed by atoms with van der Waals surface area (Å²) in [6.07, 6.45) is 17.0. The van der Waals surface area contributed by atoms with E-state index in [2.05, 4.69) is 31.3 Å². The molecule has 1 aliphatic rings. The lowest BCUT2D eigenvalue weighted by Crippen LogP contribution is -2.20. The van der Waals surface area contributed by atoms with Gasteiger partial charge in [0.2, 0.25) is 5.91 Å². The number of carboxylic acids is 1. The minimum absolute atomic E-state index is 0.00463. The van der Waals surface area contributed by atoms with Gasteiger partial charge in [-0.2, -0.15) is 0 Å². The maximum Gasteiger partial charge on any atom is 0.303 e. The Morgan fingerprint density at radius 2 is 1.62 bits per heavy atom. The van der Waals surface area contributed by atoms with Crippen LogP contribution in [0.3, 0.4) is 0 Å². The molecule has 0 unspecified atom stereocenters. The number of amides is 1. The Balaban J connectivity index is 0. The summed E-state index contributed by atoms with van der Waals surface area (Å²) in [4.78, 5) is 20.0. The fourth-order valence-electron chi connectivity index (χ4n) is 2.47. The monoisotopic (exact) mass is 367 g/mol. The summed E-state index contributed by atoms with van der Waals surface area (Å²) in [6.45, 7) is 10.2. The first-order valence-electron chi connectivity index (χ1n) is 9.81. The zero-order chi connectivity index (χ0) is 20.4. The summed E-state index contributed by atoms with van der Waals surface area (Å²) in [6, 6.07) is 0. The Labute approximate surface area is 161 Å². The van der Waals surface area contributed by atoms with Gasteiger partial charge in [0.15, 0.2) is 0 Å². The maximum atomic E-state index is 10.3. The summed E-state index contributed by atoms with van der Waals surface area (Å²) in [5.74, 6) is 0.177. The molecule has 0 saturated heterocycles. The molecule has 4 heteroatoms. The molecule has 0 atom stereocenters. The van der Waals surface area contributed by atoms with Crippen molar-refractivity contribution in [3.8, 4) is 0 Å². The molecule has 1 saturated carbocycles. The number of hydrogen-bond donors (Lipinski definition) is 2. The molecule has 1 amide bonds. The second-order valence-corrected chi connectivity index (χ2v) is 7.57. The molecule has 1 rings (SSSR count). The van der Waals surface area contributed by atoms with Gasteiger partial charge in [0.1, 0.15) is 0 Å². The van der Waals surface area contributed by atoms with Gasteiger partial charge in [-0.05, 0) is 70.1 Å². The van der Waals surface area contributed by atoms with E-state index in [1.54, 1.807) is 7.05 Å². The Kier molecular flexibility index (Phi) is 17.3. The third-order valence-electron chi connectivity index (χ3n) is 4.54. The molecule has 2 N–H and O–H groups in total. The number of carboxylic acid groups (broad SMARTS) is 1. The Bertz CT molecular complexity index is 411. The molecule has 0 aromatic carbocycles. The van der Waals surface area contributed by atoms with Gasteiger partial charge in [0.05, 0.1) is 0 Å². The highest BCUT2D eigenvalue weighted by Crippen LogP contribution is 2.39. The van der Waals surface area contributed by atoms with Crippen LogP contribution in [0.25, 0.3) is 0 Å². The van der Waals surface area contributed by atoms with Crippen molar-refractivity contribution >= 4 is 11.9 Å². The van der Waals surface area contributed by atoms with Gasteiger partial charge in [0.25, 0.3) is 0 Å². The van der Waals surface area contributed by atoms with Gasteiger partial charge < -0.3 is 10.4 Å². The average molecular weight is 368 g/mol. The first-order chi connectivity index (χ1) is 12.2. The second-order valence-electron chi connectivity index (χ2n) is 7.57. The van der Waals surface area contributed by atoms with E-state index in [0.717, 1.165) is 18.8 Å². The molecule has 0 spiro atoms. The largest absolute Gasteiger partial charge is 0.481 e. The maximum absolute atomic E-state index is 10.3. The molecule has 4 nitrogen and oxygen atoms in total. The van der Waals surface area contributed by atoms with E-state index in [9.17, 15) is 9.59 Å². The van der Waals surface area contributed by atoms with Crippen molar-refractivity contribution in [2.24, 2.45) is 11.3 Å². The zero-order valence-electron chi connectivity index (χ0n) is 17.8. The quantitative estimate of drug-likeness (QED) is 0.465. The predicted molar refractivity (Wildman–Crippen MR) is 111 cm³/mol. The second kappa shape index (κ2) is 16.9. The van der Waals surface area contributed by atoms with Gasteiger partial charge in [-0.1, -0.05) is 38.2 Å². The lowest BCUT2D eigenvalue weighted by atomic mass is 9.72. The molecule has 0 heterocycles. The van der Waals surface area contributed by atoms with Crippen molar-refractivity contribution in [3.05, 3.63) is 24.3 Å². The smallest absolute Gasteiger partial charge is 0.303 e. The highest BCUT2D eigenvalue weighted by molar-refractivity contribution is 5.72. The first kappa shape index (κ1) is 26.6. The van der Waals surface area contributed by atoms with E-state index in [1.807, 2.05) is 26.0 Å². The number of hydrogen-bond acceptors (Lipinski definition) is 2. The van der Waals surface area contributed by atoms with Crippen molar-refractivity contribution < 1.29 is 14.7 Å². The van der Waals surface area contributed by atoms with Crippen LogP contribution in [-0.4, -0.2) is 24.0 Å². The lowest BCUT2D eigenvalue weighted by Gasteiger charge is -2.33. The van der Waals surface area contributed by atoms with Crippen molar-refractivity contribution in [1.29, 1.82) is 0 Å². The van der Waals surface area contributed by atoms with Gasteiger partial charge in [0, 0.05) is 20.4 Å². The highest BCUT2D eigenvalue weighted by Gasteiger charge is 2.25. The topological polar surface area (TPSA) is 66.4 Å². The summed E-state index contributed by atoms with van der Waals surface area (Å²) in [7, 11) is 1.60. The van der Waals surface area contributed by atoms with Crippen molar-refractivity contribution in [2.45, 2.75) is 86.0 Å². The van der Waals surface area contributed by atoms with Crippen LogP contribution >= 0.6 is 0 Å². The van der Waals surface area contributed by atoms with E-state index in [-0.39, 0.29) is 5.91 Å². The fourth-order valence-corrected chi connectivity index (χ4v) is 2.47. The van der Waals surface area contributed by atoms with Crippen molar-refractivity contribution in [1.82, 2.24) is 5.32 Å². The minimum atomic E-state index is -0.687. The fraction of sp³-hybridized carbons (Fsp3) is 0.727. The SMILES string of the molecule is C/C=C\C.CC1(C)CCC(C/C=C/CCCC(=O)O)CC1.CNC(C)=O. The number of carbonyl (C=O) groups excluding carboxylic acids is 1. The normalized spacial score (nSPS) is 16.4. The lowest BCUT2D eigenvalue weighted by molar-refractivity contribution is -0.137. The Morgan fingerprint density at radius 1 is 1.12 bits per heavy atom. The van der Waals surface area contributed by atoms with Crippen LogP contribution < -0.4 is 5.32 Å². The summed E-state index contributed by atoms with van der Waals surface area (Å²) < 4.78 is 0. The van der Waals surface area contributed by atoms with Crippen molar-refractivity contribution in [3.63, 3.8) is 0 Å². The van der Waals surface area contributed by atoms with E-state index in [1.165, 1.54) is 39.0 Å². The summed E-state index contributed by atoms with van der Waals surface area (Å²) in [5, 5.41) is 10.9. The number of nitrogens with one attached hydrogen (secondary N) is 1. The zero-order valence-corrected chi connectivity index (χ0v) is 17.8. The van der Waals surface area contributed by atoms with Crippen LogP contribution in [0.1, 0.15) is 86.0 Å². The molecule has 0 radical (unpaired) electrons. The van der Waals surface area contributed by atoms with Gasteiger partial charge in [-0.15, -0.1) is 0 Å². The van der Waals surface area contributed by atoms with E-state index < -0.39 is 5.97 Å². The molecule has 0 bridgehead atoms. The molecule has 26 heavy (non-hydrogen) atoms. The van der Waals surface area contributed by atoms with E-state index in [0.29, 0.717) is 11.8 Å². The standard InChI is InChI=1S/C15H26O2.C4H8.C3H7NO/c1-15(2)11-9-13(10-12-15)7-5-3-4-6-8-14(16)17;1-3-4-2;1-3(5)4-2/h3,5,13H,4,6-12H2,1-2H3,(H,16,17);3-4H,1-2H3;1-2H3,(H,4,5)/b5-3+;4-3-;. The number of unbranched alkanes of at least 4 members (excludes halogenated alkanes) is 1. The van der Waals surface area contributed by atoms with E-state index >= 15 is 0 Å². The number of allylic oxidation sites excluding steroid dienone is 4. The molecular formula is C22H41NO3. The molecule has 1 fully saturated rings. The highest BCUT2D eigenvalue weighted by atomic mass is 16.4. The molecule has 0 aliphatic heterocycles. The van der Waals surface area contributed by atoms with Crippen LogP contribution in [-0.2, 0) is 9.59 Å². The first-order valence-corrected chi connectivity index (χ1v) is 9.81. The predicted octanol–water partition coefficient (Wildman–Crippen LogP) is 5.74. The molecule has 1 aliphatic carbocycles. The molecule has 0 aromatic heterocycles. The van der Waals surface area contributed by atoms with Crippen LogP contribution in [0, 0.1) is 11.3 Å². The van der Waals surface area contributed by atoms with Crippen LogP contribution in [0.2, 0.25) is 0 Å². The minimum Gasteiger partial charge on any atom is -0.481 e. The Hall–Kier alpha value is -1.58. The molecule has 0 aromatic rings. The van der Waals surface area contributed by atoms with Gasteiger partial charge in [-0.3, -0.25) is 9.59 Å². The number of aliphatic carboxylic acids is 1. The third kappa shape index (κ3) is 20.5. The molecule has 152 valence electrons. The van der Waals surface area contributed by atoms with Gasteiger partial charge >= 0.3 is 5.97 Å². The van der Waals surface area contributed by atoms with Crippen molar-refractivity contribution in [2.75, 3.05) is 7.05 Å².